The number of epoxide rings is 1. The molecule has 0 amide bonds. The van der Waals surface area contributed by atoms with Crippen LogP contribution in [0.4, 0.5) is 4.39 Å². The van der Waals surface area contributed by atoms with Gasteiger partial charge in [-0.1, -0.05) is 64.3 Å². The van der Waals surface area contributed by atoms with Crippen LogP contribution >= 0.6 is 0 Å². The third-order valence-electron chi connectivity index (χ3n) is 8.77. The highest BCUT2D eigenvalue weighted by Gasteiger charge is 2.80. The molecule has 0 spiro atoms. The highest BCUT2D eigenvalue weighted by molar-refractivity contribution is 6.00. The number of carbonyl (C=O) groups excluding carboxylic acids is 1. The Hall–Kier alpha value is -4.02. The first-order valence-corrected chi connectivity index (χ1v) is 12.7. The monoisotopic (exact) mass is 506 g/mol. The van der Waals surface area contributed by atoms with E-state index in [-0.39, 0.29) is 17.3 Å². The topological polar surface area (TPSA) is 92.1 Å². The standard InChI is InChI=1S/C31H27FN4O2/c1-6-9-18(17(2)32)24-21-12-13-23-29(3,4)27(37)31(16-33)28(38-31)30(23,5)25(21)36-26(35-24)20-14-15-34-22-11-8-7-10-19(20)22/h6-11,14-15,23,28H,1-2,12-13H2,3-5H3/b18-9+/t23-,28+,30-,31-/m1/s1. The molecule has 1 aliphatic heterocycles. The highest BCUT2D eigenvalue weighted by Crippen LogP contribution is 2.66. The summed E-state index contributed by atoms with van der Waals surface area (Å²) in [6.45, 7) is 13.1. The molecule has 2 aromatic heterocycles. The number of aromatic nitrogens is 3. The lowest BCUT2D eigenvalue weighted by Crippen LogP contribution is -2.60. The lowest BCUT2D eigenvalue weighted by atomic mass is 9.49. The summed E-state index contributed by atoms with van der Waals surface area (Å²) in [5.74, 6) is -0.526. The predicted octanol–water partition coefficient (Wildman–Crippen LogP) is 5.83. The van der Waals surface area contributed by atoms with Gasteiger partial charge in [-0.2, -0.15) is 5.26 Å². The lowest BCUT2D eigenvalue weighted by Gasteiger charge is -2.51. The molecule has 0 bridgehead atoms. The summed E-state index contributed by atoms with van der Waals surface area (Å²) >= 11 is 0. The van der Waals surface area contributed by atoms with E-state index in [1.165, 1.54) is 6.08 Å². The van der Waals surface area contributed by atoms with Crippen molar-refractivity contribution in [3.63, 3.8) is 0 Å². The first kappa shape index (κ1) is 24.3. The molecule has 2 aliphatic carbocycles. The normalized spacial score (nSPS) is 29.0. The second kappa shape index (κ2) is 7.99. The average Bonchev–Trinajstić information content (AvgIpc) is 3.67. The van der Waals surface area contributed by atoms with Crippen molar-refractivity contribution >= 4 is 22.3 Å². The van der Waals surface area contributed by atoms with E-state index in [4.69, 9.17) is 14.7 Å². The van der Waals surface area contributed by atoms with Crippen molar-refractivity contribution in [1.82, 2.24) is 15.0 Å². The number of allylic oxidation sites excluding steroid dienone is 4. The third-order valence-corrected chi connectivity index (χ3v) is 8.77. The number of halogens is 1. The Bertz CT molecular complexity index is 1650. The van der Waals surface area contributed by atoms with Crippen LogP contribution in [-0.2, 0) is 21.4 Å². The van der Waals surface area contributed by atoms with Gasteiger partial charge in [0.2, 0.25) is 5.60 Å². The minimum Gasteiger partial charge on any atom is -0.342 e. The van der Waals surface area contributed by atoms with Crippen molar-refractivity contribution in [3.05, 3.63) is 84.6 Å². The van der Waals surface area contributed by atoms with Crippen LogP contribution in [-0.4, -0.2) is 32.4 Å². The molecule has 1 aromatic carbocycles. The number of Topliss-reactive ketones (excluding diaryl/α,β-unsaturated/α-hetero) is 1. The third kappa shape index (κ3) is 3.01. The van der Waals surface area contributed by atoms with E-state index < -0.39 is 28.4 Å². The fourth-order valence-corrected chi connectivity index (χ4v) is 7.03. The minimum atomic E-state index is -1.50. The van der Waals surface area contributed by atoms with Crippen LogP contribution < -0.4 is 0 Å². The number of carbonyl (C=O) groups is 1. The van der Waals surface area contributed by atoms with Crippen LogP contribution in [0, 0.1) is 22.7 Å². The fraction of sp³-hybridized carbons (Fsp3) is 0.323. The zero-order valence-electron chi connectivity index (χ0n) is 21.6. The molecule has 3 aromatic rings. The maximum absolute atomic E-state index is 14.9. The van der Waals surface area contributed by atoms with Gasteiger partial charge >= 0.3 is 0 Å². The molecule has 2 fully saturated rings. The van der Waals surface area contributed by atoms with Gasteiger partial charge in [-0.15, -0.1) is 0 Å². The van der Waals surface area contributed by atoms with Crippen LogP contribution in [0.5, 0.6) is 0 Å². The van der Waals surface area contributed by atoms with Gasteiger partial charge in [0.1, 0.15) is 18.0 Å². The maximum atomic E-state index is 14.9. The summed E-state index contributed by atoms with van der Waals surface area (Å²) in [4.78, 5) is 28.0. The number of nitriles is 1. The molecule has 4 atom stereocenters. The van der Waals surface area contributed by atoms with E-state index in [1.807, 2.05) is 51.1 Å². The van der Waals surface area contributed by atoms with Gasteiger partial charge in [0.25, 0.3) is 0 Å². The van der Waals surface area contributed by atoms with E-state index in [1.54, 1.807) is 12.3 Å². The smallest absolute Gasteiger partial charge is 0.240 e. The number of ketones is 1. The quantitative estimate of drug-likeness (QED) is 0.326. The van der Waals surface area contributed by atoms with Gasteiger partial charge in [0.15, 0.2) is 11.6 Å². The summed E-state index contributed by atoms with van der Waals surface area (Å²) in [5, 5.41) is 10.9. The second-order valence-corrected chi connectivity index (χ2v) is 11.1. The summed E-state index contributed by atoms with van der Waals surface area (Å²) in [6.07, 6.45) is 5.33. The van der Waals surface area contributed by atoms with Crippen molar-refractivity contribution in [2.75, 3.05) is 0 Å². The number of benzene rings is 1. The number of hydrogen-bond donors (Lipinski definition) is 0. The zero-order chi connectivity index (χ0) is 27.0. The Kier molecular flexibility index (Phi) is 5.11. The highest BCUT2D eigenvalue weighted by atomic mass is 19.1. The summed E-state index contributed by atoms with van der Waals surface area (Å²) < 4.78 is 20.9. The van der Waals surface area contributed by atoms with Gasteiger partial charge in [-0.05, 0) is 30.9 Å². The summed E-state index contributed by atoms with van der Waals surface area (Å²) in [7, 11) is 0. The number of pyridine rings is 1. The van der Waals surface area contributed by atoms with Crippen molar-refractivity contribution in [1.29, 1.82) is 5.26 Å². The van der Waals surface area contributed by atoms with Crippen LogP contribution in [0.2, 0.25) is 0 Å². The van der Waals surface area contributed by atoms with Gasteiger partial charge in [0.05, 0.1) is 16.9 Å². The van der Waals surface area contributed by atoms with E-state index in [2.05, 4.69) is 24.2 Å². The molecular formula is C31H27FN4O2. The predicted molar refractivity (Wildman–Crippen MR) is 142 cm³/mol. The molecule has 0 unspecified atom stereocenters. The SMILES string of the molecule is C=C/C=C(\C(=C)F)c1nc(-c2ccnc3ccccc23)nc2c1CC[C@@H]1C(C)(C)C(=O)[C@@]3(C#N)O[C@H]3[C@@]21C. The van der Waals surface area contributed by atoms with E-state index >= 15 is 0 Å². The Labute approximate surface area is 220 Å². The van der Waals surface area contributed by atoms with Gasteiger partial charge in [-0.25, -0.2) is 14.4 Å². The van der Waals surface area contributed by atoms with Crippen molar-refractivity contribution in [3.8, 4) is 17.5 Å². The molecular weight excluding hydrogens is 479 g/mol. The molecule has 6 nitrogen and oxygen atoms in total. The number of rotatable bonds is 4. The van der Waals surface area contributed by atoms with Crippen molar-refractivity contribution in [2.45, 2.75) is 50.7 Å². The van der Waals surface area contributed by atoms with Crippen LogP contribution in [0.1, 0.15) is 44.1 Å². The number of fused-ring (bicyclic) bond motifs is 6. The molecule has 1 saturated heterocycles. The van der Waals surface area contributed by atoms with Gasteiger partial charge in [0, 0.05) is 39.1 Å². The van der Waals surface area contributed by atoms with Gasteiger partial charge in [-0.3, -0.25) is 9.78 Å². The van der Waals surface area contributed by atoms with Gasteiger partial charge < -0.3 is 4.74 Å². The number of para-hydroxylation sites is 1. The Morgan fingerprint density at radius 3 is 2.71 bits per heavy atom. The molecule has 0 N–H and O–H groups in total. The first-order chi connectivity index (χ1) is 18.1. The molecule has 7 heteroatoms. The largest absolute Gasteiger partial charge is 0.342 e. The molecule has 1 saturated carbocycles. The Morgan fingerprint density at radius 1 is 1.24 bits per heavy atom. The molecule has 38 heavy (non-hydrogen) atoms. The molecule has 6 rings (SSSR count). The van der Waals surface area contributed by atoms with Crippen LogP contribution in [0.25, 0.3) is 27.9 Å². The molecule has 190 valence electrons. The minimum absolute atomic E-state index is 0.130. The first-order valence-electron chi connectivity index (χ1n) is 12.7. The average molecular weight is 507 g/mol. The lowest BCUT2D eigenvalue weighted by molar-refractivity contribution is -0.137. The van der Waals surface area contributed by atoms with E-state index in [0.29, 0.717) is 30.1 Å². The molecule has 3 heterocycles. The second-order valence-electron chi connectivity index (χ2n) is 11.1. The molecule has 0 radical (unpaired) electrons. The van der Waals surface area contributed by atoms with Crippen molar-refractivity contribution < 1.29 is 13.9 Å². The van der Waals surface area contributed by atoms with E-state index in [0.717, 1.165) is 22.0 Å². The number of nitrogens with zero attached hydrogens (tertiary/aromatic N) is 4. The molecule has 3 aliphatic rings. The zero-order valence-corrected chi connectivity index (χ0v) is 21.6. The summed E-state index contributed by atoms with van der Waals surface area (Å²) in [5.41, 5.74) is 0.598. The van der Waals surface area contributed by atoms with E-state index in [9.17, 15) is 14.4 Å². The number of ether oxygens (including phenoxy) is 1. The number of hydrogen-bond acceptors (Lipinski definition) is 6. The Morgan fingerprint density at radius 2 is 2.00 bits per heavy atom. The van der Waals surface area contributed by atoms with Crippen molar-refractivity contribution in [2.24, 2.45) is 11.3 Å². The van der Waals surface area contributed by atoms with Crippen LogP contribution in [0.15, 0.2) is 67.7 Å². The maximum Gasteiger partial charge on any atom is 0.240 e. The summed E-state index contributed by atoms with van der Waals surface area (Å²) in [6, 6.07) is 11.7. The Balaban J connectivity index is 1.69. The fourth-order valence-electron chi connectivity index (χ4n) is 7.03. The van der Waals surface area contributed by atoms with Crippen LogP contribution in [0.3, 0.4) is 0 Å².